The normalized spacial score (nSPS) is 20.9. The summed E-state index contributed by atoms with van der Waals surface area (Å²) in [6.45, 7) is 5.42. The molecular weight excluding hydrogens is 310 g/mol. The summed E-state index contributed by atoms with van der Waals surface area (Å²) in [6, 6.07) is 8.47. The van der Waals surface area contributed by atoms with Gasteiger partial charge < -0.3 is 15.1 Å². The van der Waals surface area contributed by atoms with Gasteiger partial charge in [-0.3, -0.25) is 0 Å². The van der Waals surface area contributed by atoms with Gasteiger partial charge >= 0.3 is 0 Å². The van der Waals surface area contributed by atoms with Crippen LogP contribution in [-0.4, -0.2) is 43.4 Å². The van der Waals surface area contributed by atoms with E-state index >= 15 is 0 Å². The third kappa shape index (κ3) is 4.06. The Bertz CT molecular complexity index is 642. The van der Waals surface area contributed by atoms with Crippen molar-refractivity contribution in [2.75, 3.05) is 32.8 Å². The van der Waals surface area contributed by atoms with Crippen LogP contribution in [0.4, 0.5) is 0 Å². The van der Waals surface area contributed by atoms with Crippen LogP contribution in [0.25, 0.3) is 0 Å². The lowest BCUT2D eigenvalue weighted by atomic mass is 9.98. The van der Waals surface area contributed by atoms with E-state index in [-0.39, 0.29) is 0 Å². The first-order valence-electron chi connectivity index (χ1n) is 9.87. The van der Waals surface area contributed by atoms with Gasteiger partial charge in [0, 0.05) is 12.1 Å². The van der Waals surface area contributed by atoms with E-state index in [1.807, 2.05) is 0 Å². The Kier molecular flexibility index (Phi) is 5.36. The lowest BCUT2D eigenvalue weighted by Gasteiger charge is -2.26. The second kappa shape index (κ2) is 8.05. The van der Waals surface area contributed by atoms with Crippen molar-refractivity contribution in [2.24, 2.45) is 5.10 Å². The van der Waals surface area contributed by atoms with Crippen LogP contribution >= 0.6 is 0 Å². The predicted octanol–water partition coefficient (Wildman–Crippen LogP) is 3.73. The predicted molar refractivity (Wildman–Crippen MR) is 102 cm³/mol. The minimum Gasteiger partial charge on any atom is -0.494 e. The molecule has 1 N–H and O–H groups in total. The van der Waals surface area contributed by atoms with Crippen molar-refractivity contribution in [1.82, 2.24) is 10.3 Å². The molecule has 4 heteroatoms. The number of hydrogen-bond acceptors (Lipinski definition) is 4. The molecule has 1 aromatic carbocycles. The van der Waals surface area contributed by atoms with E-state index in [2.05, 4.69) is 39.7 Å². The number of hydrazone groups is 1. The summed E-state index contributed by atoms with van der Waals surface area (Å²) < 4.78 is 5.93. The smallest absolute Gasteiger partial charge is 0.119 e. The van der Waals surface area contributed by atoms with Crippen molar-refractivity contribution < 1.29 is 4.74 Å². The molecule has 2 aliphatic heterocycles. The summed E-state index contributed by atoms with van der Waals surface area (Å²) in [6.07, 6.45) is 8.89. The molecule has 0 saturated carbocycles. The number of benzene rings is 1. The van der Waals surface area contributed by atoms with E-state index in [0.29, 0.717) is 0 Å². The molecule has 0 unspecified atom stereocenters. The highest BCUT2D eigenvalue weighted by Crippen LogP contribution is 2.31. The summed E-state index contributed by atoms with van der Waals surface area (Å²) in [7, 11) is 0. The van der Waals surface area contributed by atoms with Crippen molar-refractivity contribution in [3.63, 3.8) is 0 Å². The van der Waals surface area contributed by atoms with Gasteiger partial charge in [-0.1, -0.05) is 6.42 Å². The fraction of sp³-hybridized carbons (Fsp3) is 0.571. The number of rotatable bonds is 6. The zero-order valence-electron chi connectivity index (χ0n) is 15.1. The number of allylic oxidation sites excluding steroid dienone is 1. The van der Waals surface area contributed by atoms with E-state index in [4.69, 9.17) is 4.74 Å². The molecule has 4 nitrogen and oxygen atoms in total. The lowest BCUT2D eigenvalue weighted by molar-refractivity contribution is 0.205. The molecule has 0 radical (unpaired) electrons. The van der Waals surface area contributed by atoms with Crippen molar-refractivity contribution in [1.29, 1.82) is 0 Å². The quantitative estimate of drug-likeness (QED) is 0.803. The molecule has 1 aliphatic carbocycles. The molecular formula is C21H29N3O. The summed E-state index contributed by atoms with van der Waals surface area (Å²) in [5, 5.41) is 4.56. The molecule has 134 valence electrons. The highest BCUT2D eigenvalue weighted by molar-refractivity contribution is 6.13. The summed E-state index contributed by atoms with van der Waals surface area (Å²) in [5.74, 6) is 0.965. The Morgan fingerprint density at radius 3 is 2.68 bits per heavy atom. The Morgan fingerprint density at radius 2 is 1.84 bits per heavy atom. The van der Waals surface area contributed by atoms with E-state index in [0.717, 1.165) is 37.6 Å². The maximum absolute atomic E-state index is 5.93. The molecule has 0 bridgehead atoms. The Morgan fingerprint density at radius 1 is 1.00 bits per heavy atom. The van der Waals surface area contributed by atoms with Gasteiger partial charge in [0.2, 0.25) is 0 Å². The first-order chi connectivity index (χ1) is 12.4. The summed E-state index contributed by atoms with van der Waals surface area (Å²) >= 11 is 0. The molecule has 2 heterocycles. The van der Waals surface area contributed by atoms with Crippen LogP contribution < -0.4 is 10.2 Å². The SMILES string of the molecule is c1cc(C2=NNCC3=C2CCC3)ccc1OCCCN1CCCCC1. The lowest BCUT2D eigenvalue weighted by Crippen LogP contribution is -2.31. The van der Waals surface area contributed by atoms with Gasteiger partial charge in [0.25, 0.3) is 0 Å². The molecule has 0 spiro atoms. The fourth-order valence-corrected chi connectivity index (χ4v) is 4.18. The number of nitrogens with zero attached hydrogens (tertiary/aromatic N) is 2. The second-order valence-electron chi connectivity index (χ2n) is 7.36. The molecule has 0 atom stereocenters. The average molecular weight is 339 g/mol. The Labute approximate surface area is 150 Å². The van der Waals surface area contributed by atoms with E-state index in [9.17, 15) is 0 Å². The minimum absolute atomic E-state index is 0.799. The van der Waals surface area contributed by atoms with Crippen LogP contribution in [0.3, 0.4) is 0 Å². The molecule has 1 aromatic rings. The molecule has 0 aromatic heterocycles. The van der Waals surface area contributed by atoms with Crippen LogP contribution in [0.1, 0.15) is 50.5 Å². The zero-order valence-corrected chi connectivity index (χ0v) is 15.1. The van der Waals surface area contributed by atoms with Gasteiger partial charge in [0.15, 0.2) is 0 Å². The number of hydrogen-bond donors (Lipinski definition) is 1. The van der Waals surface area contributed by atoms with Crippen LogP contribution in [0.15, 0.2) is 40.5 Å². The van der Waals surface area contributed by atoms with Crippen LogP contribution in [0.5, 0.6) is 5.75 Å². The van der Waals surface area contributed by atoms with Crippen molar-refractivity contribution in [2.45, 2.75) is 44.9 Å². The molecule has 25 heavy (non-hydrogen) atoms. The van der Waals surface area contributed by atoms with Gasteiger partial charge in [-0.15, -0.1) is 0 Å². The standard InChI is InChI=1S/C21H29N3O/c1-2-12-24(13-3-1)14-5-15-25-19-10-8-17(9-11-19)21-20-7-4-6-18(20)16-22-23-21/h8-11,22H,1-7,12-16H2. The molecule has 0 amide bonds. The largest absolute Gasteiger partial charge is 0.494 e. The van der Waals surface area contributed by atoms with Crippen LogP contribution in [0, 0.1) is 0 Å². The monoisotopic (exact) mass is 339 g/mol. The summed E-state index contributed by atoms with van der Waals surface area (Å²) in [4.78, 5) is 2.57. The van der Waals surface area contributed by atoms with Gasteiger partial charge in [-0.2, -0.15) is 5.10 Å². The zero-order chi connectivity index (χ0) is 16.9. The fourth-order valence-electron chi connectivity index (χ4n) is 4.18. The van der Waals surface area contributed by atoms with Crippen LogP contribution in [-0.2, 0) is 0 Å². The van der Waals surface area contributed by atoms with Crippen molar-refractivity contribution in [3.05, 3.63) is 41.0 Å². The average Bonchev–Trinajstić information content (AvgIpc) is 3.15. The highest BCUT2D eigenvalue weighted by atomic mass is 16.5. The Balaban J connectivity index is 1.28. The highest BCUT2D eigenvalue weighted by Gasteiger charge is 2.23. The second-order valence-corrected chi connectivity index (χ2v) is 7.36. The van der Waals surface area contributed by atoms with E-state index in [1.165, 1.54) is 62.8 Å². The van der Waals surface area contributed by atoms with E-state index in [1.54, 1.807) is 5.57 Å². The maximum atomic E-state index is 5.93. The number of nitrogens with one attached hydrogen (secondary N) is 1. The van der Waals surface area contributed by atoms with Crippen molar-refractivity contribution >= 4 is 5.71 Å². The van der Waals surface area contributed by atoms with Crippen LogP contribution in [0.2, 0.25) is 0 Å². The molecule has 3 aliphatic rings. The van der Waals surface area contributed by atoms with Gasteiger partial charge in [0.05, 0.1) is 18.9 Å². The third-order valence-electron chi connectivity index (χ3n) is 5.57. The molecule has 4 rings (SSSR count). The van der Waals surface area contributed by atoms with Gasteiger partial charge in [-0.25, -0.2) is 0 Å². The third-order valence-corrected chi connectivity index (χ3v) is 5.57. The maximum Gasteiger partial charge on any atom is 0.119 e. The Hall–Kier alpha value is -1.81. The van der Waals surface area contributed by atoms with E-state index < -0.39 is 0 Å². The first-order valence-corrected chi connectivity index (χ1v) is 9.87. The summed E-state index contributed by atoms with van der Waals surface area (Å²) in [5.41, 5.74) is 8.53. The van der Waals surface area contributed by atoms with Gasteiger partial charge in [0.1, 0.15) is 5.75 Å². The molecule has 1 saturated heterocycles. The van der Waals surface area contributed by atoms with Gasteiger partial charge in [-0.05, 0) is 87.0 Å². The minimum atomic E-state index is 0.799. The van der Waals surface area contributed by atoms with Crippen molar-refractivity contribution in [3.8, 4) is 5.75 Å². The topological polar surface area (TPSA) is 36.9 Å². The number of piperidine rings is 1. The molecule has 1 fully saturated rings. The first kappa shape index (κ1) is 16.6. The number of ether oxygens (including phenoxy) is 1. The number of likely N-dealkylation sites (tertiary alicyclic amines) is 1.